The molecule has 0 saturated heterocycles. The molecule has 0 aliphatic carbocycles. The summed E-state index contributed by atoms with van der Waals surface area (Å²) in [5.74, 6) is 0. The fourth-order valence-electron chi connectivity index (χ4n) is 0.712. The molecule has 0 atom stereocenters. The van der Waals surface area contributed by atoms with E-state index in [2.05, 4.69) is 53.2 Å². The van der Waals surface area contributed by atoms with Crippen molar-refractivity contribution in [1.29, 1.82) is 0 Å². The van der Waals surface area contributed by atoms with Crippen LogP contribution >= 0.6 is 27.2 Å². The van der Waals surface area contributed by atoms with E-state index in [0.29, 0.717) is 0 Å². The molecule has 0 aliphatic heterocycles. The van der Waals surface area contributed by atoms with Crippen LogP contribution in [0.4, 0.5) is 0 Å². The van der Waals surface area contributed by atoms with Crippen molar-refractivity contribution in [2.45, 2.75) is 6.92 Å². The summed E-state index contributed by atoms with van der Waals surface area (Å²) in [5, 5.41) is 0. The van der Waals surface area contributed by atoms with Crippen LogP contribution in [-0.2, 0) is 13.2 Å². The van der Waals surface area contributed by atoms with Gasteiger partial charge in [-0.2, -0.15) is 0 Å². The Hall–Kier alpha value is 0.803. The molecule has 57 valence electrons. The fraction of sp³-hybridized carbons (Fsp3) is 0.125. The second-order valence-electron chi connectivity index (χ2n) is 2.09. The monoisotopic (exact) mass is 327 g/mol. The Morgan fingerprint density at radius 2 is 1.91 bits per heavy atom. The smallest absolute Gasteiger partial charge is 0.0238 e. The van der Waals surface area contributed by atoms with Gasteiger partial charge in [0.2, 0.25) is 0 Å². The van der Waals surface area contributed by atoms with E-state index in [1.54, 1.807) is 0 Å². The van der Waals surface area contributed by atoms with Crippen LogP contribution in [0.2, 0.25) is 0 Å². The van der Waals surface area contributed by atoms with Crippen LogP contribution in [-0.4, -0.2) is 0 Å². The van der Waals surface area contributed by atoms with Gasteiger partial charge in [-0.1, -0.05) is 29.8 Å². The minimum Gasteiger partial charge on any atom is -0.0617 e. The molecule has 3 heteroatoms. The van der Waals surface area contributed by atoms with Gasteiger partial charge in [-0.15, -0.1) is 0 Å². The Labute approximate surface area is 89.1 Å². The molecular weight excluding hydrogens is 321 g/mol. The number of benzene rings is 1. The number of aryl methyl sites for hydroxylation is 1. The van der Waals surface area contributed by atoms with Gasteiger partial charge in [-0.05, 0) is 19.4 Å². The van der Waals surface area contributed by atoms with Gasteiger partial charge in [0, 0.05) is 0 Å². The van der Waals surface area contributed by atoms with Crippen molar-refractivity contribution >= 4 is 27.2 Å². The summed E-state index contributed by atoms with van der Waals surface area (Å²) >= 11 is 6.25. The van der Waals surface area contributed by atoms with E-state index in [1.165, 1.54) is 5.56 Å². The molecule has 1 aromatic carbocycles. The van der Waals surface area contributed by atoms with Crippen molar-refractivity contribution in [3.8, 4) is 0 Å². The minimum atomic E-state index is -0.250. The Morgan fingerprint density at radius 1 is 1.36 bits per heavy atom. The Bertz CT molecular complexity index is 184. The van der Waals surface area contributed by atoms with E-state index in [1.807, 2.05) is 12.1 Å². The van der Waals surface area contributed by atoms with E-state index >= 15 is 0 Å². The van der Waals surface area contributed by atoms with Gasteiger partial charge >= 0.3 is 40.5 Å². The van der Waals surface area contributed by atoms with Crippen molar-refractivity contribution in [1.82, 2.24) is 0 Å². The zero-order chi connectivity index (χ0) is 8.69. The number of hydrogen-bond acceptors (Lipinski definition) is 0. The molecule has 1 rings (SSSR count). The molecule has 0 aromatic heterocycles. The normalized spacial score (nSPS) is 7.64. The average Bonchev–Trinajstić information content (AvgIpc) is 1.88. The molecule has 11 heavy (non-hydrogen) atoms. The molecule has 0 amide bonds. The van der Waals surface area contributed by atoms with Crippen LogP contribution < -0.4 is 0 Å². The first-order valence-electron chi connectivity index (χ1n) is 3.21. The first-order chi connectivity index (χ1) is 5.20. The third kappa shape index (κ3) is 7.17. The van der Waals surface area contributed by atoms with Gasteiger partial charge in [0.25, 0.3) is 0 Å². The summed E-state index contributed by atoms with van der Waals surface area (Å²) in [4.78, 5) is 0. The molecule has 1 aromatic rings. The molecule has 0 unspecified atom stereocenters. The second-order valence-corrected chi connectivity index (χ2v) is 16.2. The Balaban J connectivity index is 0.000000292. The summed E-state index contributed by atoms with van der Waals surface area (Å²) in [6.45, 7) is 5.85. The molecular formula is C8H9Br2Zn. The zero-order valence-corrected chi connectivity index (χ0v) is 12.6. The first-order valence-corrected chi connectivity index (χ1v) is 17.1. The Morgan fingerprint density at radius 3 is 2.18 bits per heavy atom. The maximum Gasteiger partial charge on any atom is -0.0238 e. The number of halogens is 2. The summed E-state index contributed by atoms with van der Waals surface area (Å²) in [6.07, 6.45) is 0. The third-order valence-corrected chi connectivity index (χ3v) is 1.08. The SMILES string of the molecule is [Br][Zn][Br].[CH2]c1cccc(C)c1. The summed E-state index contributed by atoms with van der Waals surface area (Å²) in [6, 6.07) is 8.12. The standard InChI is InChI=1S/C8H9.2BrH.Zn/c1-7-4-3-5-8(2)6-7;;;/h3-6H,1H2,2H3;2*1H;/q;;;+2/p-2. The molecule has 0 spiro atoms. The minimum absolute atomic E-state index is 0.250. The molecule has 1 radical (unpaired) electrons. The number of rotatable bonds is 0. The summed E-state index contributed by atoms with van der Waals surface area (Å²) in [7, 11) is 0. The van der Waals surface area contributed by atoms with Crippen LogP contribution in [0.25, 0.3) is 0 Å². The van der Waals surface area contributed by atoms with Crippen molar-refractivity contribution in [2.24, 2.45) is 0 Å². The van der Waals surface area contributed by atoms with Gasteiger partial charge in [0.05, 0.1) is 0 Å². The van der Waals surface area contributed by atoms with Crippen molar-refractivity contribution in [3.63, 3.8) is 0 Å². The van der Waals surface area contributed by atoms with E-state index in [0.717, 1.165) is 5.56 Å². The predicted molar refractivity (Wildman–Crippen MR) is 53.5 cm³/mol. The Kier molecular flexibility index (Phi) is 8.00. The largest absolute Gasteiger partial charge is 0.0617 e. The summed E-state index contributed by atoms with van der Waals surface area (Å²) in [5.41, 5.74) is 2.36. The van der Waals surface area contributed by atoms with Crippen LogP contribution in [0.1, 0.15) is 11.1 Å². The van der Waals surface area contributed by atoms with E-state index in [4.69, 9.17) is 0 Å². The van der Waals surface area contributed by atoms with E-state index in [-0.39, 0.29) is 13.2 Å². The average molecular weight is 330 g/mol. The zero-order valence-electron chi connectivity index (χ0n) is 6.48. The van der Waals surface area contributed by atoms with E-state index in [9.17, 15) is 0 Å². The molecule has 0 N–H and O–H groups in total. The van der Waals surface area contributed by atoms with Gasteiger partial charge in [-0.25, -0.2) is 0 Å². The maximum atomic E-state index is 3.78. The molecule has 0 bridgehead atoms. The predicted octanol–water partition coefficient (Wildman–Crippen LogP) is 3.87. The third-order valence-electron chi connectivity index (χ3n) is 1.08. The molecule has 0 saturated carbocycles. The van der Waals surface area contributed by atoms with Gasteiger partial charge in [0.15, 0.2) is 0 Å². The van der Waals surface area contributed by atoms with Gasteiger partial charge < -0.3 is 0 Å². The van der Waals surface area contributed by atoms with Crippen LogP contribution in [0.5, 0.6) is 0 Å². The second kappa shape index (κ2) is 7.45. The fourth-order valence-corrected chi connectivity index (χ4v) is 0.712. The van der Waals surface area contributed by atoms with Crippen molar-refractivity contribution < 1.29 is 13.2 Å². The van der Waals surface area contributed by atoms with Crippen LogP contribution in [0.15, 0.2) is 24.3 Å². The van der Waals surface area contributed by atoms with E-state index < -0.39 is 0 Å². The van der Waals surface area contributed by atoms with Crippen molar-refractivity contribution in [2.75, 3.05) is 0 Å². The molecule has 0 fully saturated rings. The summed E-state index contributed by atoms with van der Waals surface area (Å²) < 4.78 is 0. The molecule has 0 nitrogen and oxygen atoms in total. The first kappa shape index (κ1) is 11.8. The van der Waals surface area contributed by atoms with Crippen LogP contribution in [0, 0.1) is 13.8 Å². The number of hydrogen-bond donors (Lipinski definition) is 0. The quantitative estimate of drug-likeness (QED) is 0.634. The van der Waals surface area contributed by atoms with Gasteiger partial charge in [-0.3, -0.25) is 0 Å². The molecule has 0 heterocycles. The van der Waals surface area contributed by atoms with Gasteiger partial charge in [0.1, 0.15) is 0 Å². The van der Waals surface area contributed by atoms with Crippen molar-refractivity contribution in [3.05, 3.63) is 42.3 Å². The molecule has 0 aliphatic rings. The topological polar surface area (TPSA) is 0 Å². The van der Waals surface area contributed by atoms with Crippen LogP contribution in [0.3, 0.4) is 0 Å². The maximum absolute atomic E-state index is 3.78.